The van der Waals surface area contributed by atoms with Crippen LogP contribution in [0.4, 0.5) is 5.69 Å². The summed E-state index contributed by atoms with van der Waals surface area (Å²) in [5, 5.41) is 4.64. The van der Waals surface area contributed by atoms with Gasteiger partial charge in [0.05, 0.1) is 10.6 Å². The maximum Gasteiger partial charge on any atom is 0.264 e. The summed E-state index contributed by atoms with van der Waals surface area (Å²) in [7, 11) is 0. The third-order valence-electron chi connectivity index (χ3n) is 4.18. The van der Waals surface area contributed by atoms with Gasteiger partial charge in [0.1, 0.15) is 12.4 Å². The summed E-state index contributed by atoms with van der Waals surface area (Å²) in [6.07, 6.45) is 1.82. The van der Waals surface area contributed by atoms with Crippen molar-refractivity contribution in [2.24, 2.45) is 4.99 Å². The van der Waals surface area contributed by atoms with Crippen molar-refractivity contribution in [2.75, 3.05) is 0 Å². The van der Waals surface area contributed by atoms with Crippen molar-refractivity contribution in [3.63, 3.8) is 0 Å². The first-order valence-electron chi connectivity index (χ1n) is 9.08. The molecular formula is C23H16Cl2N2O2S. The number of hydrogen-bond donors (Lipinski definition) is 1. The van der Waals surface area contributed by atoms with Gasteiger partial charge in [-0.25, -0.2) is 4.99 Å². The highest BCUT2D eigenvalue weighted by molar-refractivity contribution is 8.18. The highest BCUT2D eigenvalue weighted by Gasteiger charge is 2.23. The first-order chi connectivity index (χ1) is 14.5. The monoisotopic (exact) mass is 454 g/mol. The Morgan fingerprint density at radius 3 is 2.47 bits per heavy atom. The van der Waals surface area contributed by atoms with Crippen LogP contribution in [0.15, 0.2) is 82.7 Å². The molecule has 4 rings (SSSR count). The van der Waals surface area contributed by atoms with Gasteiger partial charge in [0.2, 0.25) is 0 Å². The molecule has 1 aliphatic rings. The molecule has 7 heteroatoms. The van der Waals surface area contributed by atoms with Crippen LogP contribution in [0.5, 0.6) is 5.75 Å². The maximum atomic E-state index is 12.2. The van der Waals surface area contributed by atoms with E-state index in [9.17, 15) is 4.79 Å². The zero-order chi connectivity index (χ0) is 20.9. The quantitative estimate of drug-likeness (QED) is 0.449. The van der Waals surface area contributed by atoms with Crippen molar-refractivity contribution >= 4 is 57.8 Å². The Hall–Kier alpha value is -2.73. The largest absolute Gasteiger partial charge is 0.489 e. The molecule has 0 aliphatic carbocycles. The highest BCUT2D eigenvalue weighted by Crippen LogP contribution is 2.29. The van der Waals surface area contributed by atoms with Crippen LogP contribution in [-0.2, 0) is 11.4 Å². The number of rotatable bonds is 5. The lowest BCUT2D eigenvalue weighted by Crippen LogP contribution is -2.19. The average Bonchev–Trinajstić information content (AvgIpc) is 3.08. The van der Waals surface area contributed by atoms with Crippen molar-refractivity contribution < 1.29 is 9.53 Å². The van der Waals surface area contributed by atoms with Crippen LogP contribution < -0.4 is 10.1 Å². The molecule has 4 nitrogen and oxygen atoms in total. The standard InChI is InChI=1S/C23H16Cl2N2O2S/c24-17-6-8-19(9-7-17)26-23-27-22(28)21(30-23)13-15-4-10-20(11-5-15)29-14-16-2-1-3-18(25)12-16/h1-13H,14H2,(H,26,27,28). The van der Waals surface area contributed by atoms with Gasteiger partial charge in [-0.1, -0.05) is 47.5 Å². The number of nitrogens with one attached hydrogen (secondary N) is 1. The van der Waals surface area contributed by atoms with E-state index < -0.39 is 0 Å². The van der Waals surface area contributed by atoms with Crippen molar-refractivity contribution in [2.45, 2.75) is 6.61 Å². The molecule has 150 valence electrons. The number of halogens is 2. The van der Waals surface area contributed by atoms with Gasteiger partial charge >= 0.3 is 0 Å². The summed E-state index contributed by atoms with van der Waals surface area (Å²) in [4.78, 5) is 17.3. The number of hydrogen-bond acceptors (Lipinski definition) is 4. The molecule has 0 unspecified atom stereocenters. The number of nitrogens with zero attached hydrogens (tertiary/aromatic N) is 1. The van der Waals surface area contributed by atoms with Crippen LogP contribution >= 0.6 is 35.0 Å². The second kappa shape index (κ2) is 9.39. The smallest absolute Gasteiger partial charge is 0.264 e. The lowest BCUT2D eigenvalue weighted by atomic mass is 10.2. The molecule has 1 N–H and O–H groups in total. The Labute approximate surface area is 188 Å². The van der Waals surface area contributed by atoms with E-state index in [1.807, 2.05) is 54.6 Å². The fourth-order valence-corrected chi connectivity index (χ4v) is 3.90. The fraction of sp³-hybridized carbons (Fsp3) is 0.0435. The summed E-state index contributed by atoms with van der Waals surface area (Å²) in [5.74, 6) is 0.569. The zero-order valence-corrected chi connectivity index (χ0v) is 18.0. The van der Waals surface area contributed by atoms with Crippen molar-refractivity contribution in [3.05, 3.63) is 98.9 Å². The normalized spacial score (nSPS) is 16.1. The number of aliphatic imine (C=N–C) groups is 1. The first-order valence-corrected chi connectivity index (χ1v) is 10.6. The van der Waals surface area contributed by atoms with E-state index in [2.05, 4.69) is 10.3 Å². The van der Waals surface area contributed by atoms with Gasteiger partial charge in [-0.15, -0.1) is 0 Å². The SMILES string of the molecule is O=C1NC(=Nc2ccc(Cl)cc2)SC1=Cc1ccc(OCc2cccc(Cl)c2)cc1. The minimum absolute atomic E-state index is 0.172. The predicted octanol–water partition coefficient (Wildman–Crippen LogP) is 6.46. The molecule has 0 saturated carbocycles. The zero-order valence-electron chi connectivity index (χ0n) is 15.6. The molecule has 0 aromatic heterocycles. The Balaban J connectivity index is 1.40. The lowest BCUT2D eigenvalue weighted by Gasteiger charge is -2.07. The lowest BCUT2D eigenvalue weighted by molar-refractivity contribution is -0.115. The van der Waals surface area contributed by atoms with Crippen LogP contribution in [0.2, 0.25) is 10.0 Å². The molecule has 1 heterocycles. The van der Waals surface area contributed by atoms with Gasteiger partial charge < -0.3 is 10.1 Å². The van der Waals surface area contributed by atoms with E-state index in [0.29, 0.717) is 26.7 Å². The topological polar surface area (TPSA) is 50.7 Å². The summed E-state index contributed by atoms with van der Waals surface area (Å²) >= 11 is 13.2. The molecule has 3 aromatic carbocycles. The number of ether oxygens (including phenoxy) is 1. The molecule has 1 amide bonds. The van der Waals surface area contributed by atoms with Crippen molar-refractivity contribution in [1.82, 2.24) is 5.32 Å². The molecule has 1 saturated heterocycles. The van der Waals surface area contributed by atoms with Gasteiger partial charge in [0.15, 0.2) is 5.17 Å². The maximum absolute atomic E-state index is 12.2. The number of benzene rings is 3. The minimum Gasteiger partial charge on any atom is -0.489 e. The molecule has 1 aliphatic heterocycles. The molecule has 0 radical (unpaired) electrons. The number of amidine groups is 1. The summed E-state index contributed by atoms with van der Waals surface area (Å²) in [6.45, 7) is 0.434. The number of amides is 1. The van der Waals surface area contributed by atoms with Gasteiger partial charge in [-0.3, -0.25) is 4.79 Å². The second-order valence-electron chi connectivity index (χ2n) is 6.45. The third kappa shape index (κ3) is 5.45. The van der Waals surface area contributed by atoms with Gasteiger partial charge in [0, 0.05) is 10.0 Å². The molecule has 0 atom stereocenters. The van der Waals surface area contributed by atoms with E-state index in [-0.39, 0.29) is 5.91 Å². The molecule has 1 fully saturated rings. The van der Waals surface area contributed by atoms with Crippen LogP contribution in [0, 0.1) is 0 Å². The van der Waals surface area contributed by atoms with E-state index in [1.54, 1.807) is 24.3 Å². The Morgan fingerprint density at radius 2 is 1.73 bits per heavy atom. The van der Waals surface area contributed by atoms with Crippen LogP contribution in [0.3, 0.4) is 0 Å². The molecule has 3 aromatic rings. The number of carbonyl (C=O) groups is 1. The van der Waals surface area contributed by atoms with E-state index in [4.69, 9.17) is 27.9 Å². The fourth-order valence-electron chi connectivity index (χ4n) is 2.72. The van der Waals surface area contributed by atoms with Gasteiger partial charge in [0.25, 0.3) is 5.91 Å². The van der Waals surface area contributed by atoms with E-state index in [0.717, 1.165) is 22.6 Å². The van der Waals surface area contributed by atoms with E-state index >= 15 is 0 Å². The summed E-state index contributed by atoms with van der Waals surface area (Å²) in [6, 6.07) is 22.2. The van der Waals surface area contributed by atoms with Crippen molar-refractivity contribution in [1.29, 1.82) is 0 Å². The second-order valence-corrected chi connectivity index (χ2v) is 8.35. The third-order valence-corrected chi connectivity index (χ3v) is 5.58. The number of thioether (sulfide) groups is 1. The van der Waals surface area contributed by atoms with Gasteiger partial charge in [-0.05, 0) is 77.5 Å². The predicted molar refractivity (Wildman–Crippen MR) is 124 cm³/mol. The summed E-state index contributed by atoms with van der Waals surface area (Å²) in [5.41, 5.74) is 2.63. The molecule has 30 heavy (non-hydrogen) atoms. The molecule has 0 bridgehead atoms. The highest BCUT2D eigenvalue weighted by atomic mass is 35.5. The van der Waals surface area contributed by atoms with E-state index in [1.165, 1.54) is 11.8 Å². The first kappa shape index (κ1) is 20.5. The average molecular weight is 455 g/mol. The van der Waals surface area contributed by atoms with Crippen LogP contribution in [0.25, 0.3) is 6.08 Å². The van der Waals surface area contributed by atoms with Gasteiger partial charge in [-0.2, -0.15) is 0 Å². The molecule has 0 spiro atoms. The Kier molecular flexibility index (Phi) is 6.43. The van der Waals surface area contributed by atoms with Crippen LogP contribution in [-0.4, -0.2) is 11.1 Å². The van der Waals surface area contributed by atoms with Crippen molar-refractivity contribution in [3.8, 4) is 5.75 Å². The summed E-state index contributed by atoms with van der Waals surface area (Å²) < 4.78 is 5.79. The number of carbonyl (C=O) groups excluding carboxylic acids is 1. The Bertz CT molecular complexity index is 1130. The van der Waals surface area contributed by atoms with Crippen LogP contribution in [0.1, 0.15) is 11.1 Å². The minimum atomic E-state index is -0.172. The Morgan fingerprint density at radius 1 is 0.967 bits per heavy atom. The molecular weight excluding hydrogens is 439 g/mol.